The van der Waals surface area contributed by atoms with E-state index in [9.17, 15) is 4.79 Å². The molecule has 0 bridgehead atoms. The standard InChI is InChI=1S/C19H21ClN2O2/c1-14-6-8-22(9-7-14)19(23)16-10-15(11-21-12-16)13-24-18-5-3-2-4-17(18)20/h2-5,10-12,14H,6-9,13H2,1H3. The number of hydrogen-bond donors (Lipinski definition) is 0. The first kappa shape index (κ1) is 16.8. The molecular weight excluding hydrogens is 324 g/mol. The lowest BCUT2D eigenvalue weighted by molar-refractivity contribution is 0.0696. The Morgan fingerprint density at radius 3 is 2.79 bits per heavy atom. The highest BCUT2D eigenvalue weighted by Gasteiger charge is 2.21. The Kier molecular flexibility index (Phi) is 5.36. The zero-order valence-electron chi connectivity index (χ0n) is 13.7. The van der Waals surface area contributed by atoms with E-state index in [1.165, 1.54) is 0 Å². The summed E-state index contributed by atoms with van der Waals surface area (Å²) in [5.74, 6) is 1.37. The number of nitrogens with zero attached hydrogens (tertiary/aromatic N) is 2. The maximum Gasteiger partial charge on any atom is 0.255 e. The van der Waals surface area contributed by atoms with Crippen LogP contribution in [0.15, 0.2) is 42.7 Å². The topological polar surface area (TPSA) is 42.4 Å². The van der Waals surface area contributed by atoms with Crippen molar-refractivity contribution >= 4 is 17.5 Å². The Morgan fingerprint density at radius 2 is 2.04 bits per heavy atom. The van der Waals surface area contributed by atoms with E-state index in [0.717, 1.165) is 31.5 Å². The molecule has 1 aliphatic heterocycles. The highest BCUT2D eigenvalue weighted by Crippen LogP contribution is 2.24. The molecule has 0 radical (unpaired) electrons. The van der Waals surface area contributed by atoms with Crippen LogP contribution in [0.2, 0.25) is 5.02 Å². The van der Waals surface area contributed by atoms with Crippen LogP contribution in [-0.2, 0) is 6.61 Å². The molecule has 4 nitrogen and oxygen atoms in total. The van der Waals surface area contributed by atoms with Gasteiger partial charge in [-0.15, -0.1) is 0 Å². The second-order valence-electron chi connectivity index (χ2n) is 6.28. The highest BCUT2D eigenvalue weighted by atomic mass is 35.5. The first-order valence-electron chi connectivity index (χ1n) is 8.24. The summed E-state index contributed by atoms with van der Waals surface area (Å²) in [6.07, 6.45) is 5.47. The Labute approximate surface area is 147 Å². The van der Waals surface area contributed by atoms with E-state index >= 15 is 0 Å². The number of benzene rings is 1. The van der Waals surface area contributed by atoms with Crippen molar-refractivity contribution in [3.8, 4) is 5.75 Å². The first-order chi connectivity index (χ1) is 11.6. The van der Waals surface area contributed by atoms with Crippen molar-refractivity contribution in [3.63, 3.8) is 0 Å². The van der Waals surface area contributed by atoms with Gasteiger partial charge in [0, 0.05) is 31.0 Å². The smallest absolute Gasteiger partial charge is 0.255 e. The van der Waals surface area contributed by atoms with Crippen molar-refractivity contribution in [2.75, 3.05) is 13.1 Å². The zero-order valence-corrected chi connectivity index (χ0v) is 14.5. The average molecular weight is 345 g/mol. The lowest BCUT2D eigenvalue weighted by Crippen LogP contribution is -2.38. The molecule has 1 aromatic heterocycles. The van der Waals surface area contributed by atoms with Gasteiger partial charge < -0.3 is 9.64 Å². The molecule has 5 heteroatoms. The van der Waals surface area contributed by atoms with Crippen LogP contribution in [-0.4, -0.2) is 28.9 Å². The molecule has 0 aliphatic carbocycles. The number of aromatic nitrogens is 1. The van der Waals surface area contributed by atoms with Crippen LogP contribution in [0.1, 0.15) is 35.7 Å². The summed E-state index contributed by atoms with van der Waals surface area (Å²) < 4.78 is 5.72. The minimum atomic E-state index is 0.0500. The van der Waals surface area contributed by atoms with Gasteiger partial charge in [-0.1, -0.05) is 30.7 Å². The molecule has 0 N–H and O–H groups in total. The first-order valence-corrected chi connectivity index (χ1v) is 8.62. The summed E-state index contributed by atoms with van der Waals surface area (Å²) >= 11 is 6.08. The number of ether oxygens (including phenoxy) is 1. The van der Waals surface area contributed by atoms with E-state index in [4.69, 9.17) is 16.3 Å². The summed E-state index contributed by atoms with van der Waals surface area (Å²) in [7, 11) is 0. The molecule has 0 atom stereocenters. The fourth-order valence-electron chi connectivity index (χ4n) is 2.80. The Hall–Kier alpha value is -2.07. The van der Waals surface area contributed by atoms with Gasteiger partial charge in [-0.25, -0.2) is 0 Å². The Bertz CT molecular complexity index is 712. The minimum absolute atomic E-state index is 0.0500. The second-order valence-corrected chi connectivity index (χ2v) is 6.68. The van der Waals surface area contributed by atoms with Crippen molar-refractivity contribution in [1.82, 2.24) is 9.88 Å². The van der Waals surface area contributed by atoms with Gasteiger partial charge in [0.25, 0.3) is 5.91 Å². The highest BCUT2D eigenvalue weighted by molar-refractivity contribution is 6.32. The third-order valence-corrected chi connectivity index (χ3v) is 4.66. The molecule has 2 aromatic rings. The van der Waals surface area contributed by atoms with Crippen molar-refractivity contribution < 1.29 is 9.53 Å². The maximum atomic E-state index is 12.6. The number of hydrogen-bond acceptors (Lipinski definition) is 3. The fourth-order valence-corrected chi connectivity index (χ4v) is 2.99. The monoisotopic (exact) mass is 344 g/mol. The molecule has 2 heterocycles. The predicted octanol–water partition coefficient (Wildman–Crippen LogP) is 4.19. The third-order valence-electron chi connectivity index (χ3n) is 4.34. The number of rotatable bonds is 4. The van der Waals surface area contributed by atoms with Crippen LogP contribution >= 0.6 is 11.6 Å². The lowest BCUT2D eigenvalue weighted by Gasteiger charge is -2.30. The van der Waals surface area contributed by atoms with E-state index in [1.807, 2.05) is 29.2 Å². The SMILES string of the molecule is CC1CCN(C(=O)c2cncc(COc3ccccc3Cl)c2)CC1. The molecule has 0 spiro atoms. The molecule has 1 amide bonds. The molecule has 0 unspecified atom stereocenters. The van der Waals surface area contributed by atoms with Crippen molar-refractivity contribution in [2.45, 2.75) is 26.4 Å². The largest absolute Gasteiger partial charge is 0.487 e. The van der Waals surface area contributed by atoms with Crippen molar-refractivity contribution in [1.29, 1.82) is 0 Å². The molecular formula is C19H21ClN2O2. The molecule has 1 aromatic carbocycles. The van der Waals surface area contributed by atoms with E-state index in [-0.39, 0.29) is 5.91 Å². The van der Waals surface area contributed by atoms with Gasteiger partial charge in [-0.3, -0.25) is 9.78 Å². The number of carbonyl (C=O) groups is 1. The van der Waals surface area contributed by atoms with Crippen molar-refractivity contribution in [3.05, 3.63) is 58.9 Å². The molecule has 24 heavy (non-hydrogen) atoms. The molecule has 1 saturated heterocycles. The summed E-state index contributed by atoms with van der Waals surface area (Å²) in [5, 5.41) is 0.570. The molecule has 3 rings (SSSR count). The maximum absolute atomic E-state index is 12.6. The van der Waals surface area contributed by atoms with Gasteiger partial charge in [-0.2, -0.15) is 0 Å². The van der Waals surface area contributed by atoms with Gasteiger partial charge in [0.2, 0.25) is 0 Å². The zero-order chi connectivity index (χ0) is 16.9. The summed E-state index contributed by atoms with van der Waals surface area (Å²) in [6, 6.07) is 9.18. The number of likely N-dealkylation sites (tertiary alicyclic amines) is 1. The van der Waals surface area contributed by atoms with Gasteiger partial charge >= 0.3 is 0 Å². The summed E-state index contributed by atoms with van der Waals surface area (Å²) in [6.45, 7) is 4.20. The van der Waals surface area contributed by atoms with Gasteiger partial charge in [0.05, 0.1) is 10.6 Å². The third kappa shape index (κ3) is 4.06. The normalized spacial score (nSPS) is 15.3. The minimum Gasteiger partial charge on any atom is -0.487 e. The van der Waals surface area contributed by atoms with Crippen LogP contribution in [0, 0.1) is 5.92 Å². The number of halogens is 1. The fraction of sp³-hybridized carbons (Fsp3) is 0.368. The van der Waals surface area contributed by atoms with E-state index in [1.54, 1.807) is 18.5 Å². The van der Waals surface area contributed by atoms with Gasteiger partial charge in [0.15, 0.2) is 0 Å². The van der Waals surface area contributed by atoms with Crippen molar-refractivity contribution in [2.24, 2.45) is 5.92 Å². The molecule has 126 valence electrons. The number of carbonyl (C=O) groups excluding carboxylic acids is 1. The molecule has 1 fully saturated rings. The molecule has 0 saturated carbocycles. The Morgan fingerprint density at radius 1 is 1.29 bits per heavy atom. The Balaban J connectivity index is 1.65. The summed E-state index contributed by atoms with van der Waals surface area (Å²) in [4.78, 5) is 18.7. The predicted molar refractivity (Wildman–Crippen MR) is 94.3 cm³/mol. The quantitative estimate of drug-likeness (QED) is 0.835. The average Bonchev–Trinajstić information content (AvgIpc) is 2.61. The number of pyridine rings is 1. The van der Waals surface area contributed by atoms with Crippen LogP contribution in [0.3, 0.4) is 0 Å². The van der Waals surface area contributed by atoms with Crippen LogP contribution < -0.4 is 4.74 Å². The van der Waals surface area contributed by atoms with Crippen LogP contribution in [0.4, 0.5) is 0 Å². The lowest BCUT2D eigenvalue weighted by atomic mass is 9.99. The van der Waals surface area contributed by atoms with Crippen LogP contribution in [0.5, 0.6) is 5.75 Å². The van der Waals surface area contributed by atoms with Gasteiger partial charge in [-0.05, 0) is 37.0 Å². The van der Waals surface area contributed by atoms with E-state index < -0.39 is 0 Å². The summed E-state index contributed by atoms with van der Waals surface area (Å²) in [5.41, 5.74) is 1.47. The second kappa shape index (κ2) is 7.67. The molecule has 1 aliphatic rings. The van der Waals surface area contributed by atoms with E-state index in [2.05, 4.69) is 11.9 Å². The number of piperidine rings is 1. The van der Waals surface area contributed by atoms with Crippen LogP contribution in [0.25, 0.3) is 0 Å². The number of para-hydroxylation sites is 1. The number of amides is 1. The van der Waals surface area contributed by atoms with E-state index in [0.29, 0.717) is 28.9 Å². The van der Waals surface area contributed by atoms with Gasteiger partial charge in [0.1, 0.15) is 12.4 Å².